The minimum absolute atomic E-state index is 0.225. The summed E-state index contributed by atoms with van der Waals surface area (Å²) in [5.74, 6) is -0.734. The molecule has 0 aliphatic carbocycles. The van der Waals surface area contributed by atoms with Gasteiger partial charge in [0.05, 0.1) is 0 Å². The molecule has 1 unspecified atom stereocenters. The Bertz CT molecular complexity index is 327. The molecule has 1 atom stereocenters. The highest BCUT2D eigenvalue weighted by Gasteiger charge is 2.05. The number of carbonyl (C=O) groups is 1. The molecule has 1 aromatic heterocycles. The molecule has 0 amide bonds. The Morgan fingerprint density at radius 1 is 1.73 bits per heavy atom. The van der Waals surface area contributed by atoms with Gasteiger partial charge in [0.15, 0.2) is 0 Å². The molecule has 0 spiro atoms. The fraction of sp³-hybridized carbons (Fsp3) is 0.500. The van der Waals surface area contributed by atoms with Crippen LogP contribution in [0.25, 0.3) is 0 Å². The predicted molar refractivity (Wildman–Crippen MR) is 65.2 cm³/mol. The third-order valence-electron chi connectivity index (χ3n) is 2.04. The van der Waals surface area contributed by atoms with Gasteiger partial charge in [-0.1, -0.05) is 0 Å². The van der Waals surface area contributed by atoms with E-state index in [1.54, 1.807) is 11.3 Å². The Hall–Kier alpha value is -0.390. The lowest BCUT2D eigenvalue weighted by Crippen LogP contribution is -2.25. The van der Waals surface area contributed by atoms with Crippen LogP contribution in [0.4, 0.5) is 0 Å². The van der Waals surface area contributed by atoms with Crippen molar-refractivity contribution in [3.8, 4) is 0 Å². The first-order valence-corrected chi connectivity index (χ1v) is 6.43. The molecule has 3 nitrogen and oxygen atoms in total. The SMILES string of the molecule is CC(CCC(=O)O)NCc1cc(Br)cs1. The van der Waals surface area contributed by atoms with Gasteiger partial charge < -0.3 is 10.4 Å². The summed E-state index contributed by atoms with van der Waals surface area (Å²) in [5.41, 5.74) is 0. The van der Waals surface area contributed by atoms with Crippen molar-refractivity contribution < 1.29 is 9.90 Å². The molecule has 1 aromatic rings. The maximum absolute atomic E-state index is 10.3. The van der Waals surface area contributed by atoms with Crippen LogP contribution in [0.5, 0.6) is 0 Å². The zero-order valence-corrected chi connectivity index (χ0v) is 10.9. The molecule has 0 saturated heterocycles. The monoisotopic (exact) mass is 291 g/mol. The van der Waals surface area contributed by atoms with Gasteiger partial charge in [-0.3, -0.25) is 4.79 Å². The standard InChI is InChI=1S/C10H14BrNO2S/c1-7(2-3-10(13)14)12-5-9-4-8(11)6-15-9/h4,6-7,12H,2-3,5H2,1H3,(H,13,14). The van der Waals surface area contributed by atoms with E-state index in [0.717, 1.165) is 11.0 Å². The lowest BCUT2D eigenvalue weighted by molar-refractivity contribution is -0.137. The quantitative estimate of drug-likeness (QED) is 0.847. The van der Waals surface area contributed by atoms with E-state index in [1.165, 1.54) is 4.88 Å². The molecule has 15 heavy (non-hydrogen) atoms. The van der Waals surface area contributed by atoms with Crippen LogP contribution in [0, 0.1) is 0 Å². The van der Waals surface area contributed by atoms with Crippen LogP contribution in [-0.2, 0) is 11.3 Å². The molecule has 5 heteroatoms. The largest absolute Gasteiger partial charge is 0.481 e. The van der Waals surface area contributed by atoms with Crippen LogP contribution >= 0.6 is 27.3 Å². The molecule has 0 aromatic carbocycles. The normalized spacial score (nSPS) is 12.7. The molecule has 1 heterocycles. The van der Waals surface area contributed by atoms with Crippen molar-refractivity contribution in [1.82, 2.24) is 5.32 Å². The number of thiophene rings is 1. The first kappa shape index (κ1) is 12.7. The number of hydrogen-bond donors (Lipinski definition) is 2. The number of halogens is 1. The van der Waals surface area contributed by atoms with E-state index >= 15 is 0 Å². The zero-order valence-electron chi connectivity index (χ0n) is 8.50. The fourth-order valence-corrected chi connectivity index (χ4v) is 2.57. The van der Waals surface area contributed by atoms with Gasteiger partial charge in [0.2, 0.25) is 0 Å². The second-order valence-electron chi connectivity index (χ2n) is 3.45. The predicted octanol–water partition coefficient (Wildman–Crippen LogP) is 2.85. The maximum Gasteiger partial charge on any atom is 0.303 e. The Kier molecular flexibility index (Phi) is 5.28. The summed E-state index contributed by atoms with van der Waals surface area (Å²) in [6.45, 7) is 2.81. The maximum atomic E-state index is 10.3. The first-order chi connectivity index (χ1) is 7.08. The van der Waals surface area contributed by atoms with E-state index in [-0.39, 0.29) is 12.5 Å². The summed E-state index contributed by atoms with van der Waals surface area (Å²) in [7, 11) is 0. The molecule has 1 rings (SSSR count). The van der Waals surface area contributed by atoms with Crippen LogP contribution in [0.1, 0.15) is 24.6 Å². The minimum atomic E-state index is -0.734. The molecule has 0 radical (unpaired) electrons. The molecule has 2 N–H and O–H groups in total. The van der Waals surface area contributed by atoms with Gasteiger partial charge in [0.25, 0.3) is 0 Å². The molecule has 0 aliphatic rings. The van der Waals surface area contributed by atoms with Crippen molar-refractivity contribution >= 4 is 33.2 Å². The van der Waals surface area contributed by atoms with E-state index in [9.17, 15) is 4.79 Å². The Morgan fingerprint density at radius 2 is 2.47 bits per heavy atom. The Balaban J connectivity index is 2.22. The van der Waals surface area contributed by atoms with Gasteiger partial charge in [-0.15, -0.1) is 11.3 Å². The second-order valence-corrected chi connectivity index (χ2v) is 5.36. The average molecular weight is 292 g/mol. The third kappa shape index (κ3) is 5.30. The van der Waals surface area contributed by atoms with Gasteiger partial charge in [0, 0.05) is 33.7 Å². The Labute approximate surface area is 102 Å². The van der Waals surface area contributed by atoms with Crippen molar-refractivity contribution in [2.45, 2.75) is 32.4 Å². The summed E-state index contributed by atoms with van der Waals surface area (Å²) in [6.07, 6.45) is 0.893. The van der Waals surface area contributed by atoms with Gasteiger partial charge in [0.1, 0.15) is 0 Å². The fourth-order valence-electron chi connectivity index (χ4n) is 1.16. The van der Waals surface area contributed by atoms with Crippen molar-refractivity contribution in [2.24, 2.45) is 0 Å². The van der Waals surface area contributed by atoms with E-state index in [2.05, 4.69) is 27.3 Å². The molecule has 0 saturated carbocycles. The number of carboxylic acids is 1. The molecule has 0 aliphatic heterocycles. The molecule has 0 bridgehead atoms. The highest BCUT2D eigenvalue weighted by atomic mass is 79.9. The third-order valence-corrected chi connectivity index (χ3v) is 3.74. The second kappa shape index (κ2) is 6.25. The van der Waals surface area contributed by atoms with Gasteiger partial charge >= 0.3 is 5.97 Å². The van der Waals surface area contributed by atoms with Crippen LogP contribution in [0.2, 0.25) is 0 Å². The van der Waals surface area contributed by atoms with Crippen LogP contribution < -0.4 is 5.32 Å². The van der Waals surface area contributed by atoms with Crippen molar-refractivity contribution in [3.05, 3.63) is 20.8 Å². The molecule has 0 fully saturated rings. The van der Waals surface area contributed by atoms with Crippen LogP contribution in [-0.4, -0.2) is 17.1 Å². The minimum Gasteiger partial charge on any atom is -0.481 e. The van der Waals surface area contributed by atoms with E-state index in [1.807, 2.05) is 12.3 Å². The lowest BCUT2D eigenvalue weighted by Gasteiger charge is -2.11. The molecular weight excluding hydrogens is 278 g/mol. The summed E-state index contributed by atoms with van der Waals surface area (Å²) >= 11 is 5.08. The van der Waals surface area contributed by atoms with Gasteiger partial charge in [-0.05, 0) is 35.3 Å². The lowest BCUT2D eigenvalue weighted by atomic mass is 10.2. The summed E-state index contributed by atoms with van der Waals surface area (Å²) in [6, 6.07) is 2.31. The number of carboxylic acid groups (broad SMARTS) is 1. The molecular formula is C10H14BrNO2S. The number of aliphatic carboxylic acids is 1. The van der Waals surface area contributed by atoms with E-state index in [0.29, 0.717) is 6.42 Å². The zero-order chi connectivity index (χ0) is 11.3. The number of nitrogens with one attached hydrogen (secondary N) is 1. The van der Waals surface area contributed by atoms with Gasteiger partial charge in [-0.2, -0.15) is 0 Å². The highest BCUT2D eigenvalue weighted by molar-refractivity contribution is 9.10. The van der Waals surface area contributed by atoms with E-state index < -0.39 is 5.97 Å². The topological polar surface area (TPSA) is 49.3 Å². The first-order valence-electron chi connectivity index (χ1n) is 4.76. The smallest absolute Gasteiger partial charge is 0.303 e. The summed E-state index contributed by atoms with van der Waals surface area (Å²) in [5, 5.41) is 13.9. The van der Waals surface area contributed by atoms with Crippen LogP contribution in [0.15, 0.2) is 15.9 Å². The average Bonchev–Trinajstić information content (AvgIpc) is 2.58. The highest BCUT2D eigenvalue weighted by Crippen LogP contribution is 2.19. The van der Waals surface area contributed by atoms with Crippen molar-refractivity contribution in [3.63, 3.8) is 0 Å². The molecule has 84 valence electrons. The number of hydrogen-bond acceptors (Lipinski definition) is 3. The van der Waals surface area contributed by atoms with Crippen molar-refractivity contribution in [1.29, 1.82) is 0 Å². The van der Waals surface area contributed by atoms with Crippen molar-refractivity contribution in [2.75, 3.05) is 0 Å². The number of rotatable bonds is 6. The summed E-state index contributed by atoms with van der Waals surface area (Å²) in [4.78, 5) is 11.6. The van der Waals surface area contributed by atoms with Gasteiger partial charge in [-0.25, -0.2) is 0 Å². The summed E-state index contributed by atoms with van der Waals surface area (Å²) < 4.78 is 1.10. The van der Waals surface area contributed by atoms with E-state index in [4.69, 9.17) is 5.11 Å². The Morgan fingerprint density at radius 3 is 3.00 bits per heavy atom. The van der Waals surface area contributed by atoms with Crippen LogP contribution in [0.3, 0.4) is 0 Å².